The van der Waals surface area contributed by atoms with Crippen molar-refractivity contribution in [1.82, 2.24) is 0 Å². The summed E-state index contributed by atoms with van der Waals surface area (Å²) in [6.07, 6.45) is 8.14. The second-order valence-electron chi connectivity index (χ2n) is 10.1. The minimum absolute atomic E-state index is 0.109. The number of carbonyl (C=O) groups is 2. The maximum Gasteiger partial charge on any atom is 0.185 e. The highest BCUT2D eigenvalue weighted by Crippen LogP contribution is 2.29. The molecule has 0 fully saturated rings. The van der Waals surface area contributed by atoms with Gasteiger partial charge in [0.05, 0.1) is 41.7 Å². The van der Waals surface area contributed by atoms with Crippen molar-refractivity contribution >= 4 is 23.7 Å². The fourth-order valence-electron chi connectivity index (χ4n) is 4.46. The largest absolute Gasteiger partial charge is 0.494 e. The summed E-state index contributed by atoms with van der Waals surface area (Å²) in [6, 6.07) is 25.1. The van der Waals surface area contributed by atoms with Crippen molar-refractivity contribution in [1.29, 1.82) is 0 Å². The van der Waals surface area contributed by atoms with E-state index in [9.17, 15) is 9.59 Å². The van der Waals surface area contributed by atoms with Gasteiger partial charge in [0, 0.05) is 11.1 Å². The summed E-state index contributed by atoms with van der Waals surface area (Å²) in [7, 11) is 6.30. The van der Waals surface area contributed by atoms with E-state index in [0.717, 1.165) is 24.0 Å². The van der Waals surface area contributed by atoms with Crippen LogP contribution in [0.2, 0.25) is 0 Å². The van der Waals surface area contributed by atoms with Crippen LogP contribution in [-0.2, 0) is 0 Å². The molecular weight excluding hydrogens is 584 g/mol. The average Bonchev–Trinajstić information content (AvgIpc) is 3.11. The minimum atomic E-state index is -0.109. The molecule has 0 amide bonds. The Hall–Kier alpha value is -5.50. The molecule has 8 heteroatoms. The first-order valence-electron chi connectivity index (χ1n) is 14.8. The van der Waals surface area contributed by atoms with E-state index in [1.165, 1.54) is 12.2 Å². The van der Waals surface area contributed by atoms with E-state index < -0.39 is 0 Å². The lowest BCUT2D eigenvalue weighted by Crippen LogP contribution is -2.03. The van der Waals surface area contributed by atoms with Crippen LogP contribution >= 0.6 is 0 Å². The molecule has 0 aromatic heterocycles. The van der Waals surface area contributed by atoms with Crippen LogP contribution in [0.25, 0.3) is 12.2 Å². The van der Waals surface area contributed by atoms with Crippen molar-refractivity contribution in [2.75, 3.05) is 41.7 Å². The average molecular weight is 623 g/mol. The van der Waals surface area contributed by atoms with Crippen LogP contribution in [-0.4, -0.2) is 53.2 Å². The first-order chi connectivity index (χ1) is 22.4. The molecule has 4 rings (SSSR count). The number of ether oxygens (including phenoxy) is 6. The lowest BCUT2D eigenvalue weighted by molar-refractivity contribution is 0.103. The predicted molar refractivity (Wildman–Crippen MR) is 179 cm³/mol. The molecule has 238 valence electrons. The van der Waals surface area contributed by atoms with Crippen LogP contribution in [0, 0.1) is 0 Å². The Morgan fingerprint density at radius 2 is 0.870 bits per heavy atom. The van der Waals surface area contributed by atoms with Crippen molar-refractivity contribution in [2.24, 2.45) is 0 Å². The Bertz CT molecular complexity index is 1530. The summed E-state index contributed by atoms with van der Waals surface area (Å²) in [4.78, 5) is 25.2. The summed E-state index contributed by atoms with van der Waals surface area (Å²) in [5.41, 5.74) is 2.80. The Balaban J connectivity index is 1.15. The maximum atomic E-state index is 12.6. The summed E-state index contributed by atoms with van der Waals surface area (Å²) in [6.45, 7) is 1.05. The van der Waals surface area contributed by atoms with Crippen molar-refractivity contribution < 1.29 is 38.0 Å². The molecule has 0 heterocycles. The second kappa shape index (κ2) is 17.1. The first-order valence-corrected chi connectivity index (χ1v) is 14.8. The topological polar surface area (TPSA) is 89.5 Å². The molecule has 0 aliphatic heterocycles. The molecule has 0 aliphatic rings. The molecule has 0 radical (unpaired) electrons. The van der Waals surface area contributed by atoms with Gasteiger partial charge in [-0.2, -0.15) is 0 Å². The van der Waals surface area contributed by atoms with Gasteiger partial charge in [-0.1, -0.05) is 24.3 Å². The smallest absolute Gasteiger partial charge is 0.185 e. The molecule has 0 bridgehead atoms. The van der Waals surface area contributed by atoms with Crippen molar-refractivity contribution in [3.05, 3.63) is 119 Å². The van der Waals surface area contributed by atoms with E-state index >= 15 is 0 Å². The number of methoxy groups -OCH3 is 4. The highest BCUT2D eigenvalue weighted by Gasteiger charge is 2.07. The standard InChI is InChI=1S/C38H38O8/c1-41-35-21-9-27(25-37(35)43-3)7-19-33(39)29-11-15-31(16-12-29)45-23-5-6-24-46-32-17-13-30(14-18-32)34(40)20-8-28-10-22-36(42-2)38(26-28)44-4/h7-22,25-26H,5-6,23-24H2,1-4H3/b19-7+,20-8+. The zero-order valence-corrected chi connectivity index (χ0v) is 26.5. The molecule has 8 nitrogen and oxygen atoms in total. The Labute approximate surface area is 269 Å². The Morgan fingerprint density at radius 1 is 0.500 bits per heavy atom. The molecule has 0 aliphatic carbocycles. The number of carbonyl (C=O) groups excluding carboxylic acids is 2. The Kier molecular flexibility index (Phi) is 12.4. The molecule has 46 heavy (non-hydrogen) atoms. The molecule has 0 unspecified atom stereocenters. The van der Waals surface area contributed by atoms with E-state index in [4.69, 9.17) is 28.4 Å². The third-order valence-electron chi connectivity index (χ3n) is 7.02. The summed E-state index contributed by atoms with van der Waals surface area (Å²) in [5.74, 6) is 3.64. The number of unbranched alkanes of at least 4 members (excludes halogenated alkanes) is 1. The summed E-state index contributed by atoms with van der Waals surface area (Å²) in [5, 5.41) is 0. The maximum absolute atomic E-state index is 12.6. The highest BCUT2D eigenvalue weighted by molar-refractivity contribution is 6.07. The van der Waals surface area contributed by atoms with Gasteiger partial charge in [0.25, 0.3) is 0 Å². The number of hydrogen-bond acceptors (Lipinski definition) is 8. The van der Waals surface area contributed by atoms with E-state index in [-0.39, 0.29) is 11.6 Å². The van der Waals surface area contributed by atoms with Gasteiger partial charge in [0.15, 0.2) is 34.6 Å². The van der Waals surface area contributed by atoms with E-state index in [2.05, 4.69) is 0 Å². The van der Waals surface area contributed by atoms with E-state index in [1.54, 1.807) is 101 Å². The summed E-state index contributed by atoms with van der Waals surface area (Å²) >= 11 is 0. The number of hydrogen-bond donors (Lipinski definition) is 0. The fraction of sp³-hybridized carbons (Fsp3) is 0.211. The van der Waals surface area contributed by atoms with Crippen LogP contribution in [0.4, 0.5) is 0 Å². The van der Waals surface area contributed by atoms with Crippen molar-refractivity contribution in [3.8, 4) is 34.5 Å². The molecular formula is C38H38O8. The summed E-state index contributed by atoms with van der Waals surface area (Å²) < 4.78 is 32.8. The van der Waals surface area contributed by atoms with Gasteiger partial charge in [-0.25, -0.2) is 0 Å². The van der Waals surface area contributed by atoms with Crippen molar-refractivity contribution in [2.45, 2.75) is 12.8 Å². The second-order valence-corrected chi connectivity index (χ2v) is 10.1. The first kappa shape index (κ1) is 33.4. The van der Waals surface area contributed by atoms with Crippen LogP contribution in [0.5, 0.6) is 34.5 Å². The normalized spacial score (nSPS) is 11.0. The van der Waals surface area contributed by atoms with E-state index in [1.807, 2.05) is 24.3 Å². The fourth-order valence-corrected chi connectivity index (χ4v) is 4.46. The highest BCUT2D eigenvalue weighted by atomic mass is 16.5. The molecule has 4 aromatic carbocycles. The third-order valence-corrected chi connectivity index (χ3v) is 7.02. The van der Waals surface area contributed by atoms with Crippen molar-refractivity contribution in [3.63, 3.8) is 0 Å². The molecule has 0 spiro atoms. The van der Waals surface area contributed by atoms with Crippen LogP contribution in [0.3, 0.4) is 0 Å². The zero-order valence-electron chi connectivity index (χ0n) is 26.5. The lowest BCUT2D eigenvalue weighted by atomic mass is 10.1. The number of allylic oxidation sites excluding steroid dienone is 2. The monoisotopic (exact) mass is 622 g/mol. The van der Waals surface area contributed by atoms with Gasteiger partial charge >= 0.3 is 0 Å². The number of benzene rings is 4. The van der Waals surface area contributed by atoms with Gasteiger partial charge in [-0.3, -0.25) is 9.59 Å². The molecule has 0 N–H and O–H groups in total. The third kappa shape index (κ3) is 9.50. The van der Waals surface area contributed by atoms with Crippen LogP contribution in [0.15, 0.2) is 97.1 Å². The molecule has 4 aromatic rings. The number of ketones is 2. The molecule has 0 atom stereocenters. The van der Waals surface area contributed by atoms with Crippen LogP contribution < -0.4 is 28.4 Å². The zero-order chi connectivity index (χ0) is 32.7. The SMILES string of the molecule is COc1ccc(/C=C/C(=O)c2ccc(OCCCCOc3ccc(C(=O)/C=C/c4ccc(OC)c(OC)c4)cc3)cc2)cc1OC. The quantitative estimate of drug-likeness (QED) is 0.0671. The molecule has 0 saturated heterocycles. The van der Waals surface area contributed by atoms with Gasteiger partial charge in [0.1, 0.15) is 11.5 Å². The van der Waals surface area contributed by atoms with Gasteiger partial charge < -0.3 is 28.4 Å². The predicted octanol–water partition coefficient (Wildman–Crippen LogP) is 7.75. The number of rotatable bonds is 17. The van der Waals surface area contributed by atoms with E-state index in [0.29, 0.717) is 58.8 Å². The van der Waals surface area contributed by atoms with Gasteiger partial charge in [0.2, 0.25) is 0 Å². The van der Waals surface area contributed by atoms with Gasteiger partial charge in [-0.15, -0.1) is 0 Å². The van der Waals surface area contributed by atoms with Crippen LogP contribution in [0.1, 0.15) is 44.7 Å². The van der Waals surface area contributed by atoms with Gasteiger partial charge in [-0.05, 0) is 109 Å². The lowest BCUT2D eigenvalue weighted by Gasteiger charge is -2.09. The molecule has 0 saturated carbocycles. The minimum Gasteiger partial charge on any atom is -0.494 e. The Morgan fingerprint density at radius 3 is 1.22 bits per heavy atom.